The van der Waals surface area contributed by atoms with Crippen LogP contribution in [0.15, 0.2) is 10.7 Å². The molecule has 0 unspecified atom stereocenters. The lowest BCUT2D eigenvalue weighted by atomic mass is 10.1. The van der Waals surface area contributed by atoms with Gasteiger partial charge in [-0.15, -0.1) is 0 Å². The van der Waals surface area contributed by atoms with E-state index in [-0.39, 0.29) is 12.3 Å². The molecule has 70 valence electrons. The summed E-state index contributed by atoms with van der Waals surface area (Å²) in [6, 6.07) is 1.69. The molecule has 1 aromatic rings. The molecule has 1 amide bonds. The first-order valence-electron chi connectivity index (χ1n) is 3.60. The van der Waals surface area contributed by atoms with Gasteiger partial charge >= 0.3 is 0 Å². The van der Waals surface area contributed by atoms with E-state index in [1.807, 2.05) is 0 Å². The van der Waals surface area contributed by atoms with E-state index in [1.165, 1.54) is 0 Å². The van der Waals surface area contributed by atoms with Gasteiger partial charge in [-0.3, -0.25) is 4.79 Å². The van der Waals surface area contributed by atoms with E-state index in [4.69, 9.17) is 17.3 Å². The SMILES string of the molecule is Cc1nc(Br)c(Cl)cc1CC(N)=O. The molecule has 0 fully saturated rings. The Morgan fingerprint density at radius 1 is 1.77 bits per heavy atom. The Bertz CT molecular complexity index is 354. The average Bonchev–Trinajstić information content (AvgIpc) is 1.99. The highest BCUT2D eigenvalue weighted by Crippen LogP contribution is 2.22. The number of aromatic nitrogens is 1. The van der Waals surface area contributed by atoms with Gasteiger partial charge in [0.2, 0.25) is 5.91 Å². The Morgan fingerprint density at radius 3 is 2.92 bits per heavy atom. The topological polar surface area (TPSA) is 56.0 Å². The number of halogens is 2. The van der Waals surface area contributed by atoms with Crippen LogP contribution in [0.25, 0.3) is 0 Å². The van der Waals surface area contributed by atoms with Crippen molar-refractivity contribution in [1.29, 1.82) is 0 Å². The van der Waals surface area contributed by atoms with Gasteiger partial charge in [0, 0.05) is 5.69 Å². The fraction of sp³-hybridized carbons (Fsp3) is 0.250. The lowest BCUT2D eigenvalue weighted by molar-refractivity contribution is -0.117. The largest absolute Gasteiger partial charge is 0.369 e. The minimum atomic E-state index is -0.386. The molecule has 1 aromatic heterocycles. The Labute approximate surface area is 89.4 Å². The minimum absolute atomic E-state index is 0.172. The molecular weight excluding hydrogens is 255 g/mol. The number of hydrogen-bond donors (Lipinski definition) is 1. The van der Waals surface area contributed by atoms with Crippen LogP contribution in [0.5, 0.6) is 0 Å². The molecule has 3 nitrogen and oxygen atoms in total. The molecule has 0 spiro atoms. The summed E-state index contributed by atoms with van der Waals surface area (Å²) in [4.78, 5) is 14.8. The zero-order valence-electron chi connectivity index (χ0n) is 6.97. The number of carbonyl (C=O) groups excluding carboxylic acids is 1. The van der Waals surface area contributed by atoms with Gasteiger partial charge in [-0.1, -0.05) is 11.6 Å². The summed E-state index contributed by atoms with van der Waals surface area (Å²) < 4.78 is 0.583. The summed E-state index contributed by atoms with van der Waals surface area (Å²) in [5.41, 5.74) is 6.58. The van der Waals surface area contributed by atoms with Gasteiger partial charge in [0.1, 0.15) is 4.60 Å². The molecule has 0 radical (unpaired) electrons. The molecule has 0 saturated carbocycles. The van der Waals surface area contributed by atoms with Gasteiger partial charge in [-0.25, -0.2) is 4.98 Å². The molecule has 1 rings (SSSR count). The molecule has 13 heavy (non-hydrogen) atoms. The Kier molecular flexibility index (Phi) is 3.27. The van der Waals surface area contributed by atoms with Gasteiger partial charge in [-0.05, 0) is 34.5 Å². The van der Waals surface area contributed by atoms with Crippen LogP contribution in [-0.4, -0.2) is 10.9 Å². The van der Waals surface area contributed by atoms with Crippen LogP contribution in [0, 0.1) is 6.92 Å². The maximum absolute atomic E-state index is 10.7. The number of primary amides is 1. The molecule has 0 atom stereocenters. The van der Waals surface area contributed by atoms with E-state index >= 15 is 0 Å². The summed E-state index contributed by atoms with van der Waals surface area (Å²) >= 11 is 8.99. The number of nitrogens with two attached hydrogens (primary N) is 1. The van der Waals surface area contributed by atoms with Gasteiger partial charge in [0.15, 0.2) is 0 Å². The second kappa shape index (κ2) is 4.07. The van der Waals surface area contributed by atoms with Crippen LogP contribution in [-0.2, 0) is 11.2 Å². The predicted octanol–water partition coefficient (Wildman–Crippen LogP) is 1.83. The van der Waals surface area contributed by atoms with Crippen molar-refractivity contribution < 1.29 is 4.79 Å². The van der Waals surface area contributed by atoms with Crippen LogP contribution in [0.2, 0.25) is 5.02 Å². The Hall–Kier alpha value is -0.610. The molecule has 0 saturated heterocycles. The molecular formula is C8H8BrClN2O. The Morgan fingerprint density at radius 2 is 2.38 bits per heavy atom. The first kappa shape index (κ1) is 10.5. The molecule has 2 N–H and O–H groups in total. The summed E-state index contributed by atoms with van der Waals surface area (Å²) in [6.07, 6.45) is 0.172. The molecule has 1 heterocycles. The third kappa shape index (κ3) is 2.67. The van der Waals surface area contributed by atoms with Crippen molar-refractivity contribution in [2.24, 2.45) is 5.73 Å². The lowest BCUT2D eigenvalue weighted by Crippen LogP contribution is -2.14. The molecule has 0 aromatic carbocycles. The summed E-state index contributed by atoms with van der Waals surface area (Å²) in [6.45, 7) is 1.80. The van der Waals surface area contributed by atoms with E-state index in [0.29, 0.717) is 9.63 Å². The normalized spacial score (nSPS) is 10.1. The molecule has 0 bridgehead atoms. The van der Waals surface area contributed by atoms with Crippen LogP contribution in [0.1, 0.15) is 11.3 Å². The monoisotopic (exact) mass is 262 g/mol. The number of hydrogen-bond acceptors (Lipinski definition) is 2. The van der Waals surface area contributed by atoms with E-state index in [2.05, 4.69) is 20.9 Å². The van der Waals surface area contributed by atoms with Crippen molar-refractivity contribution in [2.45, 2.75) is 13.3 Å². The van der Waals surface area contributed by atoms with Crippen molar-refractivity contribution in [3.8, 4) is 0 Å². The van der Waals surface area contributed by atoms with Crippen molar-refractivity contribution in [1.82, 2.24) is 4.98 Å². The fourth-order valence-corrected chi connectivity index (χ4v) is 1.51. The number of rotatable bonds is 2. The van der Waals surface area contributed by atoms with Crippen molar-refractivity contribution >= 4 is 33.4 Å². The number of carbonyl (C=O) groups is 1. The van der Waals surface area contributed by atoms with Crippen molar-refractivity contribution in [3.05, 3.63) is 26.9 Å². The highest BCUT2D eigenvalue weighted by Gasteiger charge is 2.07. The van der Waals surface area contributed by atoms with E-state index in [1.54, 1.807) is 13.0 Å². The minimum Gasteiger partial charge on any atom is -0.369 e. The van der Waals surface area contributed by atoms with Crippen LogP contribution >= 0.6 is 27.5 Å². The van der Waals surface area contributed by atoms with Gasteiger partial charge in [-0.2, -0.15) is 0 Å². The lowest BCUT2D eigenvalue weighted by Gasteiger charge is -2.04. The van der Waals surface area contributed by atoms with E-state index < -0.39 is 0 Å². The summed E-state index contributed by atoms with van der Waals surface area (Å²) in [7, 11) is 0. The maximum Gasteiger partial charge on any atom is 0.221 e. The second-order valence-electron chi connectivity index (χ2n) is 2.65. The van der Waals surface area contributed by atoms with Crippen molar-refractivity contribution in [2.75, 3.05) is 0 Å². The smallest absolute Gasteiger partial charge is 0.221 e. The van der Waals surface area contributed by atoms with Gasteiger partial charge < -0.3 is 5.73 Å². The standard InChI is InChI=1S/C8H8BrClN2O/c1-4-5(3-7(11)13)2-6(10)8(9)12-4/h2H,3H2,1H3,(H2,11,13). The zero-order chi connectivity index (χ0) is 10.0. The van der Waals surface area contributed by atoms with Crippen LogP contribution < -0.4 is 5.73 Å². The van der Waals surface area contributed by atoms with E-state index in [9.17, 15) is 4.79 Å². The van der Waals surface area contributed by atoms with Crippen LogP contribution in [0.4, 0.5) is 0 Å². The Balaban J connectivity index is 3.08. The molecule has 0 aliphatic rings. The quantitative estimate of drug-likeness (QED) is 0.828. The summed E-state index contributed by atoms with van der Waals surface area (Å²) in [5.74, 6) is -0.386. The summed E-state index contributed by atoms with van der Waals surface area (Å²) in [5, 5.41) is 0.488. The number of aryl methyl sites for hydroxylation is 1. The van der Waals surface area contributed by atoms with Gasteiger partial charge in [0.05, 0.1) is 11.4 Å². The molecule has 5 heteroatoms. The number of pyridine rings is 1. The second-order valence-corrected chi connectivity index (χ2v) is 3.81. The molecule has 0 aliphatic carbocycles. The van der Waals surface area contributed by atoms with E-state index in [0.717, 1.165) is 11.3 Å². The molecule has 0 aliphatic heterocycles. The first-order valence-corrected chi connectivity index (χ1v) is 4.77. The van der Waals surface area contributed by atoms with Gasteiger partial charge in [0.25, 0.3) is 0 Å². The zero-order valence-corrected chi connectivity index (χ0v) is 9.32. The highest BCUT2D eigenvalue weighted by atomic mass is 79.9. The number of nitrogens with zero attached hydrogens (tertiary/aromatic N) is 1. The first-order chi connectivity index (χ1) is 6.00. The third-order valence-electron chi connectivity index (χ3n) is 1.59. The third-order valence-corrected chi connectivity index (χ3v) is 2.71. The van der Waals surface area contributed by atoms with Crippen LogP contribution in [0.3, 0.4) is 0 Å². The average molecular weight is 264 g/mol. The number of amides is 1. The fourth-order valence-electron chi connectivity index (χ4n) is 0.956. The maximum atomic E-state index is 10.7. The van der Waals surface area contributed by atoms with Crippen molar-refractivity contribution in [3.63, 3.8) is 0 Å². The predicted molar refractivity (Wildman–Crippen MR) is 54.6 cm³/mol. The highest BCUT2D eigenvalue weighted by molar-refractivity contribution is 9.10.